The van der Waals surface area contributed by atoms with Crippen molar-refractivity contribution in [1.29, 1.82) is 0 Å². The van der Waals surface area contributed by atoms with E-state index in [9.17, 15) is 0 Å². The van der Waals surface area contributed by atoms with Crippen LogP contribution in [-0.2, 0) is 0 Å². The standard InChI is InChI=1S/C58H47BN2O/c1-31-19-34(4)54(35(5)20-31)41-13-17-50-46(25-41)47-26-44(56-38(8)23-33(3)24-39(56)9)28-49-58(47)61(50)51-29-43(40-11-15-45(60-10)16-12-40)30-53-57(51)59(49)48-27-42(14-18-52(48)62-53)55-36(6)21-32(2)22-37(55)7/h11-30H,1-9H3. The van der Waals surface area contributed by atoms with Gasteiger partial charge in [-0.3, -0.25) is 0 Å². The van der Waals surface area contributed by atoms with Crippen molar-refractivity contribution >= 4 is 50.6 Å². The molecule has 1 aromatic heterocycles. The number of aromatic nitrogens is 1. The Hall–Kier alpha value is -7.09. The number of nitrogens with zero attached hydrogens (tertiary/aromatic N) is 2. The molecule has 0 saturated heterocycles. The highest BCUT2D eigenvalue weighted by Crippen LogP contribution is 2.44. The van der Waals surface area contributed by atoms with Gasteiger partial charge in [-0.05, 0) is 193 Å². The molecule has 0 amide bonds. The molecule has 0 bridgehead atoms. The summed E-state index contributed by atoms with van der Waals surface area (Å²) >= 11 is 0. The Morgan fingerprint density at radius 3 is 1.53 bits per heavy atom. The van der Waals surface area contributed by atoms with Crippen LogP contribution in [0.15, 0.2) is 121 Å². The van der Waals surface area contributed by atoms with Crippen LogP contribution in [-0.4, -0.2) is 11.3 Å². The molecule has 298 valence electrons. The first kappa shape index (κ1) is 37.9. The van der Waals surface area contributed by atoms with Crippen LogP contribution in [0.4, 0.5) is 5.69 Å². The molecule has 0 aliphatic carbocycles. The summed E-state index contributed by atoms with van der Waals surface area (Å²) in [5, 5.41) is 2.49. The van der Waals surface area contributed by atoms with Crippen LogP contribution in [0.25, 0.3) is 76.8 Å². The number of hydrogen-bond donors (Lipinski definition) is 0. The maximum Gasteiger partial charge on any atom is 0.256 e. The van der Waals surface area contributed by atoms with Gasteiger partial charge in [-0.15, -0.1) is 0 Å². The minimum atomic E-state index is -0.0836. The number of ether oxygens (including phenoxy) is 1. The molecule has 0 fully saturated rings. The van der Waals surface area contributed by atoms with Crippen molar-refractivity contribution < 1.29 is 4.74 Å². The first-order valence-corrected chi connectivity index (χ1v) is 21.7. The number of fused-ring (bicyclic) bond motifs is 7. The molecule has 0 N–H and O–H groups in total. The van der Waals surface area contributed by atoms with E-state index in [1.54, 1.807) is 0 Å². The molecule has 0 saturated carbocycles. The lowest BCUT2D eigenvalue weighted by molar-refractivity contribution is 0.487. The zero-order valence-electron chi connectivity index (χ0n) is 36.9. The number of rotatable bonds is 4. The lowest BCUT2D eigenvalue weighted by atomic mass is 9.34. The van der Waals surface area contributed by atoms with E-state index in [0.717, 1.165) is 28.3 Å². The second kappa shape index (κ2) is 13.7. The van der Waals surface area contributed by atoms with Gasteiger partial charge in [-0.2, -0.15) is 0 Å². The van der Waals surface area contributed by atoms with Crippen molar-refractivity contribution in [3.8, 4) is 61.7 Å². The Bertz CT molecular complexity index is 3420. The van der Waals surface area contributed by atoms with Gasteiger partial charge in [0.15, 0.2) is 5.69 Å². The van der Waals surface area contributed by atoms with E-state index in [1.807, 2.05) is 12.1 Å². The molecule has 3 heterocycles. The zero-order valence-corrected chi connectivity index (χ0v) is 36.9. The van der Waals surface area contributed by atoms with Gasteiger partial charge in [0.25, 0.3) is 6.71 Å². The van der Waals surface area contributed by atoms with Gasteiger partial charge in [-0.25, -0.2) is 4.85 Å². The summed E-state index contributed by atoms with van der Waals surface area (Å²) in [5.74, 6) is 1.76. The first-order valence-electron chi connectivity index (χ1n) is 21.7. The predicted molar refractivity (Wildman–Crippen MR) is 263 cm³/mol. The minimum Gasteiger partial charge on any atom is -0.458 e. The average Bonchev–Trinajstić information content (AvgIpc) is 3.55. The van der Waals surface area contributed by atoms with Crippen LogP contribution < -0.4 is 21.1 Å². The second-order valence-corrected chi connectivity index (χ2v) is 18.2. The summed E-state index contributed by atoms with van der Waals surface area (Å²) in [4.78, 5) is 3.68. The summed E-state index contributed by atoms with van der Waals surface area (Å²) in [6.45, 7) is 27.6. The van der Waals surface area contributed by atoms with Crippen LogP contribution in [0.1, 0.15) is 50.1 Å². The van der Waals surface area contributed by atoms with Gasteiger partial charge in [-0.1, -0.05) is 102 Å². The monoisotopic (exact) mass is 798 g/mol. The van der Waals surface area contributed by atoms with Crippen LogP contribution in [0.2, 0.25) is 0 Å². The van der Waals surface area contributed by atoms with Crippen LogP contribution in [0.3, 0.4) is 0 Å². The van der Waals surface area contributed by atoms with Gasteiger partial charge in [0.2, 0.25) is 0 Å². The van der Waals surface area contributed by atoms with Crippen molar-refractivity contribution in [3.05, 3.63) is 183 Å². The quantitative estimate of drug-likeness (QED) is 0.128. The number of benzene rings is 8. The third-order valence-electron chi connectivity index (χ3n) is 13.6. The fourth-order valence-electron chi connectivity index (χ4n) is 11.5. The summed E-state index contributed by atoms with van der Waals surface area (Å²) in [6.07, 6.45) is 0. The summed E-state index contributed by atoms with van der Waals surface area (Å²) < 4.78 is 9.64. The topological polar surface area (TPSA) is 18.5 Å². The maximum absolute atomic E-state index is 7.61. The summed E-state index contributed by atoms with van der Waals surface area (Å²) in [5.41, 5.74) is 29.1. The number of hydrogen-bond acceptors (Lipinski definition) is 1. The largest absolute Gasteiger partial charge is 0.458 e. The SMILES string of the molecule is [C-]#[N+]c1ccc(-c2cc3c4c(c2)-n2c5ccc(-c6c(C)cc(C)cc6C)cc5c5cc(-c6c(C)cc(C)cc6C)cc(c52)B4c2cc(-c4c(C)cc(C)cc4C)ccc2O3)cc1. The van der Waals surface area contributed by atoms with E-state index in [4.69, 9.17) is 11.3 Å². The molecular formula is C58H47BN2O. The lowest BCUT2D eigenvalue weighted by Crippen LogP contribution is -2.58. The van der Waals surface area contributed by atoms with Gasteiger partial charge in [0, 0.05) is 22.0 Å². The third kappa shape index (κ3) is 5.65. The molecule has 0 atom stereocenters. The predicted octanol–water partition coefficient (Wildman–Crippen LogP) is 13.7. The van der Waals surface area contributed by atoms with E-state index in [0.29, 0.717) is 5.69 Å². The second-order valence-electron chi connectivity index (χ2n) is 18.2. The molecule has 0 spiro atoms. The normalized spacial score (nSPS) is 12.4. The lowest BCUT2D eigenvalue weighted by Gasteiger charge is -2.34. The van der Waals surface area contributed by atoms with Crippen molar-refractivity contribution in [2.24, 2.45) is 0 Å². The maximum atomic E-state index is 7.61. The van der Waals surface area contributed by atoms with Gasteiger partial charge >= 0.3 is 0 Å². The van der Waals surface area contributed by atoms with E-state index >= 15 is 0 Å². The summed E-state index contributed by atoms with van der Waals surface area (Å²) in [7, 11) is 0. The molecule has 9 aromatic rings. The molecule has 3 nitrogen and oxygen atoms in total. The van der Waals surface area contributed by atoms with E-state index in [2.05, 4.69) is 181 Å². The molecule has 2 aliphatic rings. The molecule has 2 aliphatic heterocycles. The van der Waals surface area contributed by atoms with Crippen molar-refractivity contribution in [2.75, 3.05) is 0 Å². The highest BCUT2D eigenvalue weighted by molar-refractivity contribution is 6.99. The van der Waals surface area contributed by atoms with E-state index in [1.165, 1.54) is 122 Å². The molecule has 62 heavy (non-hydrogen) atoms. The molecule has 0 radical (unpaired) electrons. The molecule has 0 unspecified atom stereocenters. The molecule has 4 heteroatoms. The Balaban J connectivity index is 1.28. The fourth-order valence-corrected chi connectivity index (χ4v) is 11.5. The molecular weight excluding hydrogens is 751 g/mol. The highest BCUT2D eigenvalue weighted by Gasteiger charge is 2.41. The smallest absolute Gasteiger partial charge is 0.256 e. The Labute approximate surface area is 365 Å². The van der Waals surface area contributed by atoms with Gasteiger partial charge < -0.3 is 9.30 Å². The van der Waals surface area contributed by atoms with E-state index in [-0.39, 0.29) is 6.71 Å². The Kier molecular flexibility index (Phi) is 8.38. The van der Waals surface area contributed by atoms with Crippen LogP contribution in [0.5, 0.6) is 11.5 Å². The number of aryl methyl sites for hydroxylation is 9. The summed E-state index contributed by atoms with van der Waals surface area (Å²) in [6, 6.07) is 45.3. The van der Waals surface area contributed by atoms with Crippen molar-refractivity contribution in [2.45, 2.75) is 62.3 Å². The average molecular weight is 799 g/mol. The van der Waals surface area contributed by atoms with E-state index < -0.39 is 0 Å². The molecule has 8 aromatic carbocycles. The Morgan fingerprint density at radius 1 is 0.452 bits per heavy atom. The minimum absolute atomic E-state index is 0.0836. The van der Waals surface area contributed by atoms with Crippen LogP contribution in [0, 0.1) is 68.9 Å². The fraction of sp³-hybridized carbons (Fsp3) is 0.155. The van der Waals surface area contributed by atoms with Crippen molar-refractivity contribution in [3.63, 3.8) is 0 Å². The highest BCUT2D eigenvalue weighted by atomic mass is 16.5. The van der Waals surface area contributed by atoms with Gasteiger partial charge in [0.1, 0.15) is 11.5 Å². The third-order valence-corrected chi connectivity index (χ3v) is 13.6. The molecule has 11 rings (SSSR count). The first-order chi connectivity index (χ1) is 29.9. The zero-order chi connectivity index (χ0) is 42.9. The van der Waals surface area contributed by atoms with Crippen molar-refractivity contribution in [1.82, 2.24) is 4.57 Å². The Morgan fingerprint density at radius 2 is 0.952 bits per heavy atom. The van der Waals surface area contributed by atoms with Crippen LogP contribution >= 0.6 is 0 Å². The van der Waals surface area contributed by atoms with Gasteiger partial charge in [0.05, 0.1) is 12.1 Å².